The number of H-pyrrole nitrogens is 1. The molecule has 0 radical (unpaired) electrons. The second-order valence-corrected chi connectivity index (χ2v) is 11.1. The predicted octanol–water partition coefficient (Wildman–Crippen LogP) is 9.09. The van der Waals surface area contributed by atoms with Crippen molar-refractivity contribution in [2.45, 2.75) is 46.1 Å². The third-order valence-electron chi connectivity index (χ3n) is 7.94. The molecule has 1 atom stereocenters. The van der Waals surface area contributed by atoms with Crippen LogP contribution in [0.15, 0.2) is 121 Å². The van der Waals surface area contributed by atoms with E-state index in [0.29, 0.717) is 24.5 Å². The molecule has 0 spiro atoms. The molecule has 0 bridgehead atoms. The highest BCUT2D eigenvalue weighted by molar-refractivity contribution is 6.09. The number of aromatic nitrogens is 1. The summed E-state index contributed by atoms with van der Waals surface area (Å²) in [6.07, 6.45) is 2.02. The molecule has 1 N–H and O–H groups in total. The minimum absolute atomic E-state index is 0.0119. The molecule has 0 fully saturated rings. The van der Waals surface area contributed by atoms with Gasteiger partial charge in [0.1, 0.15) is 24.7 Å². The predicted molar refractivity (Wildman–Crippen MR) is 174 cm³/mol. The van der Waals surface area contributed by atoms with Gasteiger partial charge in [-0.05, 0) is 73.2 Å². The van der Waals surface area contributed by atoms with Crippen molar-refractivity contribution >= 4 is 27.6 Å². The standard InChI is InChI=1S/C38H36N2O3/c1-26(2)40(27(3)34-23-39-35-17-8-7-15-32(34)35)38(41)33-16-9-13-30-14-10-18-36(37(30)33)43-25-29-19-21-31(22-20-29)42-24-28-11-5-4-6-12-28/h4-23,26-27,39H,24-25H2,1-3H3/t27-/m1/s1. The Balaban J connectivity index is 1.24. The van der Waals surface area contributed by atoms with Crippen molar-refractivity contribution in [1.82, 2.24) is 9.88 Å². The van der Waals surface area contributed by atoms with Crippen LogP contribution in [0.5, 0.6) is 11.5 Å². The van der Waals surface area contributed by atoms with Gasteiger partial charge >= 0.3 is 0 Å². The van der Waals surface area contributed by atoms with Gasteiger partial charge in [-0.1, -0.05) is 84.9 Å². The van der Waals surface area contributed by atoms with Gasteiger partial charge in [0, 0.05) is 28.5 Å². The Labute approximate surface area is 252 Å². The topological polar surface area (TPSA) is 54.6 Å². The van der Waals surface area contributed by atoms with E-state index in [-0.39, 0.29) is 18.0 Å². The summed E-state index contributed by atoms with van der Waals surface area (Å²) in [6, 6.07) is 38.0. The summed E-state index contributed by atoms with van der Waals surface area (Å²) in [5.41, 5.74) is 4.95. The number of ether oxygens (including phenoxy) is 2. The van der Waals surface area contributed by atoms with E-state index >= 15 is 0 Å². The number of nitrogens with one attached hydrogen (secondary N) is 1. The largest absolute Gasteiger partial charge is 0.489 e. The monoisotopic (exact) mass is 568 g/mol. The van der Waals surface area contributed by atoms with Crippen LogP contribution in [0, 0.1) is 0 Å². The molecule has 0 aliphatic heterocycles. The van der Waals surface area contributed by atoms with Crippen LogP contribution in [-0.2, 0) is 13.2 Å². The summed E-state index contributed by atoms with van der Waals surface area (Å²) in [5.74, 6) is 1.48. The number of rotatable bonds is 10. The van der Waals surface area contributed by atoms with E-state index < -0.39 is 0 Å². The maximum atomic E-state index is 14.3. The molecule has 0 saturated heterocycles. The zero-order valence-electron chi connectivity index (χ0n) is 24.8. The fourth-order valence-corrected chi connectivity index (χ4v) is 5.78. The molecule has 6 rings (SSSR count). The van der Waals surface area contributed by atoms with Crippen LogP contribution in [0.2, 0.25) is 0 Å². The Morgan fingerprint density at radius 1 is 0.721 bits per heavy atom. The fraction of sp³-hybridized carbons (Fsp3) is 0.184. The van der Waals surface area contributed by atoms with Gasteiger partial charge in [-0.3, -0.25) is 4.79 Å². The number of hydrogen-bond donors (Lipinski definition) is 1. The van der Waals surface area contributed by atoms with E-state index in [2.05, 4.69) is 50.0 Å². The number of benzene rings is 5. The maximum Gasteiger partial charge on any atom is 0.255 e. The van der Waals surface area contributed by atoms with Crippen LogP contribution in [0.25, 0.3) is 21.7 Å². The Morgan fingerprint density at radius 3 is 2.16 bits per heavy atom. The van der Waals surface area contributed by atoms with E-state index in [4.69, 9.17) is 9.47 Å². The highest BCUT2D eigenvalue weighted by atomic mass is 16.5. The first kappa shape index (κ1) is 28.1. The molecule has 43 heavy (non-hydrogen) atoms. The molecule has 216 valence electrons. The van der Waals surface area contributed by atoms with Gasteiger partial charge in [0.05, 0.1) is 11.6 Å². The van der Waals surface area contributed by atoms with E-state index in [1.54, 1.807) is 0 Å². The summed E-state index contributed by atoms with van der Waals surface area (Å²) in [6.45, 7) is 7.14. The van der Waals surface area contributed by atoms with Crippen LogP contribution in [0.1, 0.15) is 53.9 Å². The van der Waals surface area contributed by atoms with Gasteiger partial charge in [-0.25, -0.2) is 0 Å². The molecular weight excluding hydrogens is 532 g/mol. The first-order valence-electron chi connectivity index (χ1n) is 14.8. The van der Waals surface area contributed by atoms with E-state index in [1.165, 1.54) is 0 Å². The van der Waals surface area contributed by atoms with Crippen LogP contribution < -0.4 is 9.47 Å². The molecule has 5 nitrogen and oxygen atoms in total. The Kier molecular flexibility index (Phi) is 8.14. The lowest BCUT2D eigenvalue weighted by Crippen LogP contribution is -2.39. The number of fused-ring (bicyclic) bond motifs is 2. The number of aromatic amines is 1. The average molecular weight is 569 g/mol. The quantitative estimate of drug-likeness (QED) is 0.179. The van der Waals surface area contributed by atoms with E-state index in [1.807, 2.05) is 102 Å². The molecule has 0 unspecified atom stereocenters. The molecule has 1 amide bonds. The number of nitrogens with zero attached hydrogens (tertiary/aromatic N) is 1. The first-order valence-corrected chi connectivity index (χ1v) is 14.8. The van der Waals surface area contributed by atoms with Crippen LogP contribution >= 0.6 is 0 Å². The second kappa shape index (κ2) is 12.5. The number of para-hydroxylation sites is 1. The molecule has 0 saturated carbocycles. The van der Waals surface area contributed by atoms with Gasteiger partial charge in [-0.15, -0.1) is 0 Å². The van der Waals surface area contributed by atoms with Crippen LogP contribution in [0.4, 0.5) is 0 Å². The van der Waals surface area contributed by atoms with Gasteiger partial charge in [0.25, 0.3) is 5.91 Å². The van der Waals surface area contributed by atoms with Crippen molar-refractivity contribution in [1.29, 1.82) is 0 Å². The Bertz CT molecular complexity index is 1840. The number of carbonyl (C=O) groups is 1. The number of amides is 1. The Hall–Kier alpha value is -5.03. The molecule has 5 aromatic carbocycles. The zero-order chi connectivity index (χ0) is 29.8. The summed E-state index contributed by atoms with van der Waals surface area (Å²) in [7, 11) is 0. The van der Waals surface area contributed by atoms with Crippen molar-refractivity contribution in [2.75, 3.05) is 0 Å². The van der Waals surface area contributed by atoms with Gasteiger partial charge < -0.3 is 19.4 Å². The van der Waals surface area contributed by atoms with Gasteiger partial charge in [-0.2, -0.15) is 0 Å². The number of carbonyl (C=O) groups excluding carboxylic acids is 1. The van der Waals surface area contributed by atoms with Crippen molar-refractivity contribution in [3.05, 3.63) is 144 Å². The molecule has 1 aromatic heterocycles. The second-order valence-electron chi connectivity index (χ2n) is 11.1. The summed E-state index contributed by atoms with van der Waals surface area (Å²) >= 11 is 0. The highest BCUT2D eigenvalue weighted by Gasteiger charge is 2.28. The fourth-order valence-electron chi connectivity index (χ4n) is 5.78. The molecule has 6 aromatic rings. The van der Waals surface area contributed by atoms with E-state index in [0.717, 1.165) is 44.1 Å². The lowest BCUT2D eigenvalue weighted by molar-refractivity contribution is 0.0628. The smallest absolute Gasteiger partial charge is 0.255 e. The van der Waals surface area contributed by atoms with E-state index in [9.17, 15) is 4.79 Å². The molecule has 5 heteroatoms. The minimum atomic E-state index is -0.130. The average Bonchev–Trinajstić information content (AvgIpc) is 3.47. The van der Waals surface area contributed by atoms with Crippen molar-refractivity contribution in [3.8, 4) is 11.5 Å². The van der Waals surface area contributed by atoms with Crippen molar-refractivity contribution in [2.24, 2.45) is 0 Å². The Morgan fingerprint density at radius 2 is 1.40 bits per heavy atom. The van der Waals surface area contributed by atoms with Gasteiger partial charge in [0.2, 0.25) is 0 Å². The summed E-state index contributed by atoms with van der Waals surface area (Å²) in [4.78, 5) is 19.7. The van der Waals surface area contributed by atoms with Crippen molar-refractivity contribution < 1.29 is 14.3 Å². The first-order chi connectivity index (χ1) is 21.0. The van der Waals surface area contributed by atoms with Gasteiger partial charge in [0.15, 0.2) is 0 Å². The molecule has 0 aliphatic carbocycles. The minimum Gasteiger partial charge on any atom is -0.489 e. The summed E-state index contributed by atoms with van der Waals surface area (Å²) < 4.78 is 12.3. The molecule has 0 aliphatic rings. The maximum absolute atomic E-state index is 14.3. The number of hydrogen-bond acceptors (Lipinski definition) is 3. The van der Waals surface area contributed by atoms with Crippen LogP contribution in [-0.4, -0.2) is 21.8 Å². The van der Waals surface area contributed by atoms with Crippen LogP contribution in [0.3, 0.4) is 0 Å². The lowest BCUT2D eigenvalue weighted by Gasteiger charge is -2.33. The summed E-state index contributed by atoms with van der Waals surface area (Å²) in [5, 5.41) is 2.93. The van der Waals surface area contributed by atoms with Crippen molar-refractivity contribution in [3.63, 3.8) is 0 Å². The third-order valence-corrected chi connectivity index (χ3v) is 7.94. The third kappa shape index (κ3) is 5.98. The highest BCUT2D eigenvalue weighted by Crippen LogP contribution is 2.35. The normalized spacial score (nSPS) is 12.0. The molecular formula is C38H36N2O3. The molecule has 1 heterocycles. The zero-order valence-corrected chi connectivity index (χ0v) is 24.8. The SMILES string of the molecule is CC(C)N(C(=O)c1cccc2cccc(OCc3ccc(OCc4ccccc4)cc3)c12)[C@H](C)c1c[nH]c2ccccc12. The lowest BCUT2D eigenvalue weighted by atomic mass is 9.99.